The van der Waals surface area contributed by atoms with E-state index in [1.54, 1.807) is 0 Å². The molecule has 0 radical (unpaired) electrons. The number of hydrogen-bond acceptors (Lipinski definition) is 3. The van der Waals surface area contributed by atoms with Crippen LogP contribution in [0.1, 0.15) is 38.5 Å². The third kappa shape index (κ3) is 3.93. The molecule has 0 amide bonds. The van der Waals surface area contributed by atoms with Crippen molar-refractivity contribution in [1.82, 2.24) is 15.1 Å². The summed E-state index contributed by atoms with van der Waals surface area (Å²) in [6, 6.07) is 0.776. The van der Waals surface area contributed by atoms with Gasteiger partial charge in [-0.05, 0) is 44.6 Å². The summed E-state index contributed by atoms with van der Waals surface area (Å²) in [5.74, 6) is 1.95. The normalized spacial score (nSPS) is 34.6. The van der Waals surface area contributed by atoms with Crippen LogP contribution < -0.4 is 5.32 Å². The fourth-order valence-corrected chi connectivity index (χ4v) is 3.96. The molecule has 3 nitrogen and oxygen atoms in total. The molecule has 1 N–H and O–H groups in total. The first kappa shape index (κ1) is 13.8. The molecule has 1 heterocycles. The summed E-state index contributed by atoms with van der Waals surface area (Å²) >= 11 is 0. The van der Waals surface area contributed by atoms with Crippen LogP contribution in [-0.2, 0) is 0 Å². The van der Waals surface area contributed by atoms with E-state index in [4.69, 9.17) is 0 Å². The largest absolute Gasteiger partial charge is 0.317 e. The maximum absolute atomic E-state index is 3.55. The third-order valence-corrected chi connectivity index (χ3v) is 5.45. The predicted molar refractivity (Wildman–Crippen MR) is 80.4 cm³/mol. The van der Waals surface area contributed by atoms with Crippen LogP contribution >= 0.6 is 0 Å². The lowest BCUT2D eigenvalue weighted by Crippen LogP contribution is -2.50. The monoisotopic (exact) mass is 265 g/mol. The van der Waals surface area contributed by atoms with Crippen LogP contribution in [0.25, 0.3) is 0 Å². The van der Waals surface area contributed by atoms with Crippen molar-refractivity contribution in [2.75, 3.05) is 46.3 Å². The van der Waals surface area contributed by atoms with Crippen LogP contribution in [0.2, 0.25) is 0 Å². The van der Waals surface area contributed by atoms with Gasteiger partial charge in [0.15, 0.2) is 0 Å². The minimum Gasteiger partial charge on any atom is -0.317 e. The number of rotatable bonds is 5. The average molecular weight is 265 g/mol. The van der Waals surface area contributed by atoms with Gasteiger partial charge in [0.1, 0.15) is 0 Å². The maximum atomic E-state index is 3.55. The van der Waals surface area contributed by atoms with Crippen LogP contribution in [0.3, 0.4) is 0 Å². The van der Waals surface area contributed by atoms with Gasteiger partial charge >= 0.3 is 0 Å². The SMILES string of the molecule is CNC1CCCCC1CN1CCN(CC2CC2)CC1. The van der Waals surface area contributed by atoms with Crippen molar-refractivity contribution in [3.05, 3.63) is 0 Å². The number of nitrogens with zero attached hydrogens (tertiary/aromatic N) is 2. The molecular formula is C16H31N3. The van der Waals surface area contributed by atoms with Crippen LogP contribution in [0.15, 0.2) is 0 Å². The summed E-state index contributed by atoms with van der Waals surface area (Å²) < 4.78 is 0. The van der Waals surface area contributed by atoms with Crippen molar-refractivity contribution >= 4 is 0 Å². The number of nitrogens with one attached hydrogen (secondary N) is 1. The number of piperazine rings is 1. The summed E-state index contributed by atoms with van der Waals surface area (Å²) in [7, 11) is 2.15. The first-order valence-corrected chi connectivity index (χ1v) is 8.47. The first-order valence-electron chi connectivity index (χ1n) is 8.47. The fraction of sp³-hybridized carbons (Fsp3) is 1.00. The van der Waals surface area contributed by atoms with E-state index in [9.17, 15) is 0 Å². The lowest BCUT2D eigenvalue weighted by molar-refractivity contribution is 0.0979. The molecule has 2 saturated carbocycles. The van der Waals surface area contributed by atoms with Crippen molar-refractivity contribution in [2.45, 2.75) is 44.6 Å². The minimum atomic E-state index is 0.776. The summed E-state index contributed by atoms with van der Waals surface area (Å²) in [5, 5.41) is 3.55. The highest BCUT2D eigenvalue weighted by molar-refractivity contribution is 4.85. The van der Waals surface area contributed by atoms with Crippen molar-refractivity contribution in [3.8, 4) is 0 Å². The molecule has 1 saturated heterocycles. The lowest BCUT2D eigenvalue weighted by atomic mass is 9.84. The van der Waals surface area contributed by atoms with Gasteiger partial charge in [-0.25, -0.2) is 0 Å². The Morgan fingerprint density at radius 3 is 2.11 bits per heavy atom. The number of hydrogen-bond donors (Lipinski definition) is 1. The Kier molecular flexibility index (Phi) is 4.78. The van der Waals surface area contributed by atoms with Gasteiger partial charge in [-0.1, -0.05) is 12.8 Å². The van der Waals surface area contributed by atoms with Crippen LogP contribution in [-0.4, -0.2) is 62.2 Å². The molecule has 0 spiro atoms. The van der Waals surface area contributed by atoms with Crippen molar-refractivity contribution in [2.24, 2.45) is 11.8 Å². The standard InChI is InChI=1S/C16H31N3/c1-17-16-5-3-2-4-15(16)13-19-10-8-18(9-11-19)12-14-6-7-14/h14-17H,2-13H2,1H3. The molecule has 3 fully saturated rings. The quantitative estimate of drug-likeness (QED) is 0.818. The Balaban J connectivity index is 1.40. The second kappa shape index (κ2) is 6.55. The molecule has 0 aromatic heterocycles. The van der Waals surface area contributed by atoms with Gasteiger partial charge in [-0.2, -0.15) is 0 Å². The molecule has 3 aliphatic rings. The van der Waals surface area contributed by atoms with Crippen molar-refractivity contribution in [1.29, 1.82) is 0 Å². The zero-order valence-corrected chi connectivity index (χ0v) is 12.6. The van der Waals surface area contributed by atoms with E-state index in [1.165, 1.54) is 77.8 Å². The summed E-state index contributed by atoms with van der Waals surface area (Å²) in [6.07, 6.45) is 8.69. The second-order valence-electron chi connectivity index (χ2n) is 6.98. The molecule has 1 aliphatic heterocycles. The van der Waals surface area contributed by atoms with Gasteiger partial charge in [-0.15, -0.1) is 0 Å². The molecule has 2 atom stereocenters. The Labute approximate surface area is 118 Å². The summed E-state index contributed by atoms with van der Waals surface area (Å²) in [6.45, 7) is 7.96. The lowest BCUT2D eigenvalue weighted by Gasteiger charge is -2.39. The van der Waals surface area contributed by atoms with Crippen LogP contribution in [0, 0.1) is 11.8 Å². The molecule has 2 unspecified atom stereocenters. The predicted octanol–water partition coefficient (Wildman–Crippen LogP) is 1.79. The second-order valence-corrected chi connectivity index (χ2v) is 6.98. The molecule has 0 aromatic rings. The van der Waals surface area contributed by atoms with Crippen molar-refractivity contribution < 1.29 is 0 Å². The molecule has 2 aliphatic carbocycles. The van der Waals surface area contributed by atoms with E-state index in [1.807, 2.05) is 0 Å². The Morgan fingerprint density at radius 1 is 0.842 bits per heavy atom. The van der Waals surface area contributed by atoms with Crippen LogP contribution in [0.4, 0.5) is 0 Å². The zero-order valence-electron chi connectivity index (χ0n) is 12.6. The Hall–Kier alpha value is -0.120. The Bertz CT molecular complexity index is 269. The van der Waals surface area contributed by atoms with Gasteiger partial charge in [0.25, 0.3) is 0 Å². The summed E-state index contributed by atoms with van der Waals surface area (Å²) in [4.78, 5) is 5.42. The molecular weight excluding hydrogens is 234 g/mol. The molecule has 19 heavy (non-hydrogen) atoms. The van der Waals surface area contributed by atoms with E-state index in [2.05, 4.69) is 22.2 Å². The minimum absolute atomic E-state index is 0.776. The molecule has 3 heteroatoms. The Morgan fingerprint density at radius 2 is 1.47 bits per heavy atom. The van der Waals surface area contributed by atoms with Gasteiger partial charge < -0.3 is 15.1 Å². The van der Waals surface area contributed by atoms with E-state index < -0.39 is 0 Å². The van der Waals surface area contributed by atoms with E-state index in [0.717, 1.165) is 17.9 Å². The molecule has 0 aromatic carbocycles. The van der Waals surface area contributed by atoms with Gasteiger partial charge in [0.2, 0.25) is 0 Å². The zero-order chi connectivity index (χ0) is 13.1. The fourth-order valence-electron chi connectivity index (χ4n) is 3.96. The topological polar surface area (TPSA) is 18.5 Å². The van der Waals surface area contributed by atoms with Gasteiger partial charge in [0, 0.05) is 45.3 Å². The van der Waals surface area contributed by atoms with Gasteiger partial charge in [0.05, 0.1) is 0 Å². The highest BCUT2D eigenvalue weighted by atomic mass is 15.3. The molecule has 3 rings (SSSR count). The average Bonchev–Trinajstić information content (AvgIpc) is 3.26. The van der Waals surface area contributed by atoms with Gasteiger partial charge in [-0.3, -0.25) is 0 Å². The smallest absolute Gasteiger partial charge is 0.0110 e. The highest BCUT2D eigenvalue weighted by Gasteiger charge is 2.29. The van der Waals surface area contributed by atoms with E-state index in [0.29, 0.717) is 0 Å². The highest BCUT2D eigenvalue weighted by Crippen LogP contribution is 2.30. The molecule has 110 valence electrons. The molecule has 0 bridgehead atoms. The van der Waals surface area contributed by atoms with E-state index >= 15 is 0 Å². The van der Waals surface area contributed by atoms with E-state index in [-0.39, 0.29) is 0 Å². The van der Waals surface area contributed by atoms with Crippen molar-refractivity contribution in [3.63, 3.8) is 0 Å². The van der Waals surface area contributed by atoms with Crippen LogP contribution in [0.5, 0.6) is 0 Å². The maximum Gasteiger partial charge on any atom is 0.0110 e. The summed E-state index contributed by atoms with van der Waals surface area (Å²) in [5.41, 5.74) is 0. The third-order valence-electron chi connectivity index (χ3n) is 5.45. The first-order chi connectivity index (χ1) is 9.35.